The molecular formula is C18H31N3O4. The molecule has 0 aliphatic heterocycles. The van der Waals surface area contributed by atoms with Crippen molar-refractivity contribution in [1.29, 1.82) is 0 Å². The van der Waals surface area contributed by atoms with Crippen LogP contribution in [0.4, 0.5) is 4.79 Å². The first-order chi connectivity index (χ1) is 11.6. The van der Waals surface area contributed by atoms with E-state index in [-0.39, 0.29) is 12.0 Å². The van der Waals surface area contributed by atoms with Gasteiger partial charge in [0.25, 0.3) is 0 Å². The summed E-state index contributed by atoms with van der Waals surface area (Å²) < 4.78 is 12.0. The molecular weight excluding hydrogens is 322 g/mol. The molecule has 7 heteroatoms. The van der Waals surface area contributed by atoms with Gasteiger partial charge in [-0.15, -0.1) is 0 Å². The number of ether oxygens (including phenoxy) is 2. The number of methoxy groups -OCH3 is 1. The number of aromatic nitrogens is 1. The summed E-state index contributed by atoms with van der Waals surface area (Å²) in [4.78, 5) is 23.5. The molecule has 1 aromatic heterocycles. The maximum absolute atomic E-state index is 11.8. The van der Waals surface area contributed by atoms with E-state index in [4.69, 9.17) is 9.47 Å². The molecule has 2 N–H and O–H groups in total. The number of carbonyl (C=O) groups excluding carboxylic acids is 2. The average Bonchev–Trinajstić information content (AvgIpc) is 2.81. The summed E-state index contributed by atoms with van der Waals surface area (Å²) in [5, 5.41) is 6.18. The van der Waals surface area contributed by atoms with Crippen molar-refractivity contribution in [2.45, 2.75) is 59.2 Å². The van der Waals surface area contributed by atoms with E-state index in [0.29, 0.717) is 18.7 Å². The minimum atomic E-state index is -0.510. The second kappa shape index (κ2) is 8.89. The lowest BCUT2D eigenvalue weighted by molar-refractivity contribution is 0.0520. The fourth-order valence-electron chi connectivity index (χ4n) is 2.38. The maximum atomic E-state index is 11.8. The third kappa shape index (κ3) is 6.42. The van der Waals surface area contributed by atoms with E-state index in [9.17, 15) is 9.59 Å². The lowest BCUT2D eigenvalue weighted by Crippen LogP contribution is -2.42. The molecule has 1 rings (SSSR count). The number of nitrogens with zero attached hydrogens (tertiary/aromatic N) is 1. The smallest absolute Gasteiger partial charge is 0.407 e. The van der Waals surface area contributed by atoms with Crippen LogP contribution in [-0.4, -0.2) is 41.9 Å². The number of amides is 1. The molecule has 0 aromatic carbocycles. The summed E-state index contributed by atoms with van der Waals surface area (Å²) in [6, 6.07) is 1.94. The van der Waals surface area contributed by atoms with Gasteiger partial charge in [0.2, 0.25) is 0 Å². The summed E-state index contributed by atoms with van der Waals surface area (Å²) >= 11 is 0. The Morgan fingerprint density at radius 1 is 1.32 bits per heavy atom. The summed E-state index contributed by atoms with van der Waals surface area (Å²) in [7, 11) is 3.29. The van der Waals surface area contributed by atoms with Crippen LogP contribution in [0.15, 0.2) is 6.07 Å². The van der Waals surface area contributed by atoms with Gasteiger partial charge < -0.3 is 24.7 Å². The van der Waals surface area contributed by atoms with Gasteiger partial charge in [-0.25, -0.2) is 9.59 Å². The molecule has 0 spiro atoms. The van der Waals surface area contributed by atoms with Crippen LogP contribution < -0.4 is 10.6 Å². The molecule has 0 bridgehead atoms. The highest BCUT2D eigenvalue weighted by atomic mass is 16.6. The van der Waals surface area contributed by atoms with Gasteiger partial charge in [-0.05, 0) is 40.2 Å². The summed E-state index contributed by atoms with van der Waals surface area (Å²) in [5.74, 6) is -0.335. The SMILES string of the molecule is CCC(CNC(=O)OC(C)(C)C)NCc1cc(C(=O)OC)c(C)n1C. The first kappa shape index (κ1) is 21.0. The summed E-state index contributed by atoms with van der Waals surface area (Å²) in [6.07, 6.45) is 0.429. The maximum Gasteiger partial charge on any atom is 0.407 e. The van der Waals surface area contributed by atoms with E-state index >= 15 is 0 Å². The van der Waals surface area contributed by atoms with Crippen LogP contribution in [0.3, 0.4) is 0 Å². The van der Waals surface area contributed by atoms with Crippen molar-refractivity contribution in [3.63, 3.8) is 0 Å². The lowest BCUT2D eigenvalue weighted by atomic mass is 10.2. The number of carbonyl (C=O) groups is 2. The number of hydrogen-bond donors (Lipinski definition) is 2. The Hall–Kier alpha value is -2.02. The zero-order valence-electron chi connectivity index (χ0n) is 16.4. The van der Waals surface area contributed by atoms with Gasteiger partial charge in [0.15, 0.2) is 0 Å². The monoisotopic (exact) mass is 353 g/mol. The van der Waals surface area contributed by atoms with E-state index < -0.39 is 11.7 Å². The predicted molar refractivity (Wildman–Crippen MR) is 96.6 cm³/mol. The van der Waals surface area contributed by atoms with Gasteiger partial charge in [0, 0.05) is 37.6 Å². The van der Waals surface area contributed by atoms with Crippen molar-refractivity contribution in [1.82, 2.24) is 15.2 Å². The Bertz CT molecular complexity index is 602. The van der Waals surface area contributed by atoms with Gasteiger partial charge in [0.1, 0.15) is 5.60 Å². The quantitative estimate of drug-likeness (QED) is 0.736. The van der Waals surface area contributed by atoms with Gasteiger partial charge in [-0.3, -0.25) is 0 Å². The zero-order valence-corrected chi connectivity index (χ0v) is 16.4. The van der Waals surface area contributed by atoms with Crippen LogP contribution in [0.2, 0.25) is 0 Å². The Kier molecular flexibility index (Phi) is 7.48. The third-order valence-corrected chi connectivity index (χ3v) is 4.00. The van der Waals surface area contributed by atoms with E-state index in [1.54, 1.807) is 0 Å². The van der Waals surface area contributed by atoms with Gasteiger partial charge in [-0.1, -0.05) is 6.92 Å². The highest BCUT2D eigenvalue weighted by molar-refractivity contribution is 5.91. The normalized spacial score (nSPS) is 12.6. The standard InChI is InChI=1S/C18H31N3O4/c1-8-13(10-20-17(23)25-18(3,4)5)19-11-14-9-15(16(22)24-7)12(2)21(14)6/h9,13,19H,8,10-11H2,1-7H3,(H,20,23). The van der Waals surface area contributed by atoms with Crippen molar-refractivity contribution in [2.24, 2.45) is 7.05 Å². The first-order valence-electron chi connectivity index (χ1n) is 8.52. The summed E-state index contributed by atoms with van der Waals surface area (Å²) in [5.41, 5.74) is 1.91. The minimum absolute atomic E-state index is 0.101. The van der Waals surface area contributed by atoms with Gasteiger partial charge in [0.05, 0.1) is 12.7 Å². The molecule has 25 heavy (non-hydrogen) atoms. The van der Waals surface area contributed by atoms with Crippen LogP contribution in [0.5, 0.6) is 0 Å². The second-order valence-corrected chi connectivity index (χ2v) is 7.05. The molecule has 0 aliphatic carbocycles. The highest BCUT2D eigenvalue weighted by Crippen LogP contribution is 2.15. The lowest BCUT2D eigenvalue weighted by Gasteiger charge is -2.22. The first-order valence-corrected chi connectivity index (χ1v) is 8.52. The number of nitrogens with one attached hydrogen (secondary N) is 2. The number of hydrogen-bond acceptors (Lipinski definition) is 5. The number of esters is 1. The molecule has 0 fully saturated rings. The zero-order chi connectivity index (χ0) is 19.2. The van der Waals surface area contributed by atoms with Crippen molar-refractivity contribution in [2.75, 3.05) is 13.7 Å². The average molecular weight is 353 g/mol. The fourth-order valence-corrected chi connectivity index (χ4v) is 2.38. The van der Waals surface area contributed by atoms with Crippen LogP contribution in [-0.2, 0) is 23.1 Å². The molecule has 0 saturated heterocycles. The van der Waals surface area contributed by atoms with E-state index in [0.717, 1.165) is 17.8 Å². The van der Waals surface area contributed by atoms with Gasteiger partial charge >= 0.3 is 12.1 Å². The van der Waals surface area contributed by atoms with Crippen LogP contribution in [0, 0.1) is 6.92 Å². The molecule has 0 aliphatic rings. The molecule has 7 nitrogen and oxygen atoms in total. The molecule has 1 atom stereocenters. The van der Waals surface area contributed by atoms with E-state index in [1.807, 2.05) is 52.3 Å². The van der Waals surface area contributed by atoms with Crippen molar-refractivity contribution < 1.29 is 19.1 Å². The second-order valence-electron chi connectivity index (χ2n) is 7.05. The fraction of sp³-hybridized carbons (Fsp3) is 0.667. The number of alkyl carbamates (subject to hydrolysis) is 1. The third-order valence-electron chi connectivity index (χ3n) is 4.00. The Labute approximate surface area is 150 Å². The predicted octanol–water partition coefficient (Wildman–Crippen LogP) is 2.51. The summed E-state index contributed by atoms with van der Waals surface area (Å²) in [6.45, 7) is 10.5. The topological polar surface area (TPSA) is 81.6 Å². The molecule has 0 saturated carbocycles. The molecule has 1 unspecified atom stereocenters. The van der Waals surface area contributed by atoms with E-state index in [2.05, 4.69) is 10.6 Å². The Morgan fingerprint density at radius 3 is 2.48 bits per heavy atom. The van der Waals surface area contributed by atoms with Crippen LogP contribution in [0.1, 0.15) is 55.9 Å². The Balaban J connectivity index is 2.60. The molecule has 1 heterocycles. The van der Waals surface area contributed by atoms with Crippen LogP contribution in [0.25, 0.3) is 0 Å². The van der Waals surface area contributed by atoms with Gasteiger partial charge in [-0.2, -0.15) is 0 Å². The minimum Gasteiger partial charge on any atom is -0.465 e. The van der Waals surface area contributed by atoms with Crippen molar-refractivity contribution in [3.8, 4) is 0 Å². The molecule has 1 amide bonds. The highest BCUT2D eigenvalue weighted by Gasteiger charge is 2.18. The molecule has 0 radical (unpaired) electrons. The largest absolute Gasteiger partial charge is 0.465 e. The number of rotatable bonds is 7. The van der Waals surface area contributed by atoms with E-state index in [1.165, 1.54) is 7.11 Å². The Morgan fingerprint density at radius 2 is 1.96 bits per heavy atom. The molecule has 142 valence electrons. The van der Waals surface area contributed by atoms with Crippen molar-refractivity contribution >= 4 is 12.1 Å². The van der Waals surface area contributed by atoms with Crippen LogP contribution >= 0.6 is 0 Å². The van der Waals surface area contributed by atoms with Crippen molar-refractivity contribution in [3.05, 3.63) is 23.0 Å². The molecule has 1 aromatic rings.